The maximum Gasteiger partial charge on any atom is 0.207 e. The first-order valence-corrected chi connectivity index (χ1v) is 14.5. The van der Waals surface area contributed by atoms with Crippen LogP contribution in [0.1, 0.15) is 36.4 Å². The quantitative estimate of drug-likeness (QED) is 0.230. The van der Waals surface area contributed by atoms with E-state index in [4.69, 9.17) is 10.1 Å². The van der Waals surface area contributed by atoms with Crippen molar-refractivity contribution in [2.24, 2.45) is 11.0 Å². The molecule has 5 aromatic rings. The average Bonchev–Trinajstić information content (AvgIpc) is 3.62. The van der Waals surface area contributed by atoms with Crippen LogP contribution in [-0.2, 0) is 0 Å². The molecule has 39 heavy (non-hydrogen) atoms. The molecule has 4 heteroatoms. The molecule has 3 nitrogen and oxygen atoms in total. The number of rotatable bonds is 5. The molecular weight excluding hydrogens is 494 g/mol. The lowest BCUT2D eigenvalue weighted by Gasteiger charge is -2.29. The zero-order valence-electron chi connectivity index (χ0n) is 21.7. The molecule has 1 aliphatic carbocycles. The van der Waals surface area contributed by atoms with Crippen LogP contribution in [-0.4, -0.2) is 10.7 Å². The van der Waals surface area contributed by atoms with Gasteiger partial charge in [-0.1, -0.05) is 133 Å². The second-order valence-electron chi connectivity index (χ2n) is 10.2. The predicted molar refractivity (Wildman–Crippen MR) is 164 cm³/mol. The Balaban J connectivity index is 1.38. The molecule has 0 radical (unpaired) electrons. The van der Waals surface area contributed by atoms with E-state index in [1.54, 1.807) is 11.3 Å². The number of fused-ring (bicyclic) bond motifs is 1. The highest BCUT2D eigenvalue weighted by atomic mass is 32.1. The lowest BCUT2D eigenvalue weighted by molar-refractivity contribution is 0.487. The second kappa shape index (κ2) is 10.5. The summed E-state index contributed by atoms with van der Waals surface area (Å²) in [6.45, 7) is 0. The van der Waals surface area contributed by atoms with Gasteiger partial charge in [-0.25, -0.2) is 9.99 Å². The van der Waals surface area contributed by atoms with Crippen molar-refractivity contribution in [3.63, 3.8) is 0 Å². The molecule has 1 aliphatic heterocycles. The highest BCUT2D eigenvalue weighted by Crippen LogP contribution is 2.49. The van der Waals surface area contributed by atoms with Gasteiger partial charge in [-0.2, -0.15) is 5.10 Å². The Bertz CT molecular complexity index is 1570. The Kier molecular flexibility index (Phi) is 6.39. The molecule has 0 spiro atoms. The van der Waals surface area contributed by atoms with Crippen molar-refractivity contribution in [3.8, 4) is 21.7 Å². The fourth-order valence-corrected chi connectivity index (χ4v) is 6.96. The molecule has 0 saturated heterocycles. The smallest absolute Gasteiger partial charge is 0.207 e. The number of allylic oxidation sites excluding steroid dienone is 1. The van der Waals surface area contributed by atoms with Crippen LogP contribution in [0, 0.1) is 5.92 Å². The van der Waals surface area contributed by atoms with Gasteiger partial charge in [0.2, 0.25) is 5.13 Å². The molecule has 1 fully saturated rings. The first kappa shape index (κ1) is 23.8. The van der Waals surface area contributed by atoms with E-state index in [0.29, 0.717) is 5.92 Å². The molecule has 0 amide bonds. The van der Waals surface area contributed by atoms with Crippen LogP contribution in [0.5, 0.6) is 0 Å². The highest BCUT2D eigenvalue weighted by molar-refractivity contribution is 7.19. The Morgan fingerprint density at radius 3 is 2.03 bits per heavy atom. The Morgan fingerprint density at radius 1 is 0.718 bits per heavy atom. The lowest BCUT2D eigenvalue weighted by Crippen LogP contribution is -2.28. The largest absolute Gasteiger partial charge is 0.231 e. The summed E-state index contributed by atoms with van der Waals surface area (Å²) in [5.74, 6) is 0.334. The van der Waals surface area contributed by atoms with Gasteiger partial charge in [0, 0.05) is 11.5 Å². The molecule has 190 valence electrons. The van der Waals surface area contributed by atoms with E-state index in [1.165, 1.54) is 39.3 Å². The number of aromatic nitrogens is 1. The topological polar surface area (TPSA) is 28.5 Å². The van der Waals surface area contributed by atoms with E-state index in [-0.39, 0.29) is 6.04 Å². The first-order valence-electron chi connectivity index (χ1n) is 13.7. The monoisotopic (exact) mass is 523 g/mol. The van der Waals surface area contributed by atoms with Gasteiger partial charge >= 0.3 is 0 Å². The zero-order valence-corrected chi connectivity index (χ0v) is 22.5. The number of thiazole rings is 1. The standard InChI is InChI=1S/C35H29N3S/c1-5-14-25(15-6-1)24-29-22-13-23-30-31(29)37-38(33(30)27-18-9-3-10-19-27)35-36-32(26-16-7-2-8-17-26)34(39-35)28-20-11-4-12-21-28/h1-12,14-21,24,30,33H,13,22-23H2/b29-24-/t30-,33-/m0/s1. The SMILES string of the molecule is C(=C1\CCC[C@H]2C1=NN(c1nc(-c3ccccc3)c(-c3ccccc3)s1)[C@H]2c1ccccc1)/c1ccccc1. The number of benzene rings is 4. The van der Waals surface area contributed by atoms with E-state index in [0.717, 1.165) is 29.2 Å². The van der Waals surface area contributed by atoms with Gasteiger partial charge in [0.25, 0.3) is 0 Å². The maximum atomic E-state index is 5.39. The number of nitrogens with zero attached hydrogens (tertiary/aromatic N) is 3. The van der Waals surface area contributed by atoms with Gasteiger partial charge in [-0.3, -0.25) is 0 Å². The van der Waals surface area contributed by atoms with Gasteiger partial charge in [-0.05, 0) is 47.6 Å². The summed E-state index contributed by atoms with van der Waals surface area (Å²) in [4.78, 5) is 6.48. The molecule has 2 heterocycles. The van der Waals surface area contributed by atoms with E-state index in [9.17, 15) is 0 Å². The van der Waals surface area contributed by atoms with Gasteiger partial charge in [0.05, 0.1) is 22.3 Å². The third-order valence-electron chi connectivity index (χ3n) is 7.68. The Hall–Kier alpha value is -4.28. The summed E-state index contributed by atoms with van der Waals surface area (Å²) in [5, 5.41) is 8.56. The fourth-order valence-electron chi connectivity index (χ4n) is 5.88. The van der Waals surface area contributed by atoms with Crippen molar-refractivity contribution in [1.29, 1.82) is 0 Å². The van der Waals surface area contributed by atoms with Crippen LogP contribution in [0.2, 0.25) is 0 Å². The van der Waals surface area contributed by atoms with Gasteiger partial charge in [0.1, 0.15) is 0 Å². The minimum Gasteiger partial charge on any atom is -0.231 e. The van der Waals surface area contributed by atoms with E-state index in [2.05, 4.69) is 132 Å². The van der Waals surface area contributed by atoms with Gasteiger partial charge in [0.15, 0.2) is 0 Å². The third kappa shape index (κ3) is 4.62. The fraction of sp³-hybridized carbons (Fsp3) is 0.143. The molecule has 0 unspecified atom stereocenters. The summed E-state index contributed by atoms with van der Waals surface area (Å²) in [6.07, 6.45) is 5.69. The Morgan fingerprint density at radius 2 is 1.33 bits per heavy atom. The molecule has 1 aromatic heterocycles. The van der Waals surface area contributed by atoms with Crippen LogP contribution in [0.3, 0.4) is 0 Å². The first-order chi connectivity index (χ1) is 19.3. The lowest BCUT2D eigenvalue weighted by atomic mass is 9.77. The van der Waals surface area contributed by atoms with E-state index < -0.39 is 0 Å². The number of anilines is 1. The molecule has 7 rings (SSSR count). The van der Waals surface area contributed by atoms with Gasteiger partial charge < -0.3 is 0 Å². The van der Waals surface area contributed by atoms with Crippen molar-refractivity contribution in [2.45, 2.75) is 25.3 Å². The second-order valence-corrected chi connectivity index (χ2v) is 11.1. The third-order valence-corrected chi connectivity index (χ3v) is 8.77. The van der Waals surface area contributed by atoms with Crippen molar-refractivity contribution >= 4 is 28.3 Å². The van der Waals surface area contributed by atoms with Crippen LogP contribution in [0.15, 0.2) is 132 Å². The Labute approximate surface area is 233 Å². The molecule has 4 aromatic carbocycles. The van der Waals surface area contributed by atoms with E-state index >= 15 is 0 Å². The minimum atomic E-state index is 0.124. The highest BCUT2D eigenvalue weighted by Gasteiger charge is 2.43. The summed E-state index contributed by atoms with van der Waals surface area (Å²) < 4.78 is 0. The number of hydrogen-bond acceptors (Lipinski definition) is 4. The predicted octanol–water partition coefficient (Wildman–Crippen LogP) is 9.28. The summed E-state index contributed by atoms with van der Waals surface area (Å²) in [7, 11) is 0. The molecule has 0 N–H and O–H groups in total. The summed E-state index contributed by atoms with van der Waals surface area (Å²) >= 11 is 1.74. The van der Waals surface area contributed by atoms with Crippen molar-refractivity contribution in [2.75, 3.05) is 5.01 Å². The molecule has 0 bridgehead atoms. The number of hydrazone groups is 1. The number of hydrogen-bond donors (Lipinski definition) is 0. The summed E-state index contributed by atoms with van der Waals surface area (Å²) in [6, 6.07) is 42.8. The van der Waals surface area contributed by atoms with Crippen LogP contribution >= 0.6 is 11.3 Å². The zero-order chi connectivity index (χ0) is 26.0. The van der Waals surface area contributed by atoms with Crippen molar-refractivity contribution in [3.05, 3.63) is 138 Å². The van der Waals surface area contributed by atoms with Crippen molar-refractivity contribution < 1.29 is 0 Å². The van der Waals surface area contributed by atoms with E-state index in [1.807, 2.05) is 0 Å². The maximum absolute atomic E-state index is 5.39. The minimum absolute atomic E-state index is 0.124. The van der Waals surface area contributed by atoms with Crippen LogP contribution in [0.25, 0.3) is 27.8 Å². The molecule has 1 saturated carbocycles. The van der Waals surface area contributed by atoms with Crippen LogP contribution in [0.4, 0.5) is 5.13 Å². The normalized spacial score (nSPS) is 19.6. The van der Waals surface area contributed by atoms with Gasteiger partial charge in [-0.15, -0.1) is 0 Å². The summed E-state index contributed by atoms with van der Waals surface area (Å²) in [5.41, 5.74) is 8.43. The molecule has 2 aliphatic rings. The molecule has 2 atom stereocenters. The average molecular weight is 524 g/mol. The van der Waals surface area contributed by atoms with Crippen molar-refractivity contribution in [1.82, 2.24) is 4.98 Å². The molecular formula is C35H29N3S. The van der Waals surface area contributed by atoms with Crippen LogP contribution < -0.4 is 5.01 Å².